The number of carbonyl (C=O) groups is 1. The number of benzene rings is 2. The summed E-state index contributed by atoms with van der Waals surface area (Å²) in [5, 5.41) is 0. The van der Waals surface area contributed by atoms with Gasteiger partial charge in [-0.2, -0.15) is 0 Å². The molecule has 1 aliphatic rings. The Balaban J connectivity index is 1.75. The molecule has 30 heavy (non-hydrogen) atoms. The van der Waals surface area contributed by atoms with Crippen molar-refractivity contribution >= 4 is 11.8 Å². The molecule has 5 nitrogen and oxygen atoms in total. The first-order chi connectivity index (χ1) is 14.5. The number of amides is 1. The molecule has 5 heteroatoms. The standard InChI is InChI=1S/C25H30N2O3/c1-5-8-24(26(4)16-6-2)29-22-14-15-23-20(18-22)9-7-17-27(23)25(28)30-21-12-10-19(3)11-13-21/h5-6,8,10-15,18,24H,2,7,9,16-17H2,1,3-4H3. The molecule has 1 aliphatic heterocycles. The fraction of sp³-hybridized carbons (Fsp3) is 0.320. The SMILES string of the molecule is C=CCN(C)C(C=CC)Oc1ccc2c(c1)CCCN2C(=O)Oc1ccc(C)cc1. The van der Waals surface area contributed by atoms with Gasteiger partial charge in [0.1, 0.15) is 11.5 Å². The maximum Gasteiger partial charge on any atom is 0.419 e. The van der Waals surface area contributed by atoms with Crippen LogP contribution in [0.2, 0.25) is 0 Å². The van der Waals surface area contributed by atoms with Gasteiger partial charge in [-0.1, -0.05) is 29.8 Å². The number of fused-ring (bicyclic) bond motifs is 1. The summed E-state index contributed by atoms with van der Waals surface area (Å²) in [7, 11) is 1.99. The van der Waals surface area contributed by atoms with Crippen molar-refractivity contribution in [2.75, 3.05) is 25.0 Å². The van der Waals surface area contributed by atoms with Gasteiger partial charge in [0.2, 0.25) is 0 Å². The smallest absolute Gasteiger partial charge is 0.419 e. The molecule has 0 fully saturated rings. The van der Waals surface area contributed by atoms with Crippen LogP contribution >= 0.6 is 0 Å². The number of anilines is 1. The van der Waals surface area contributed by atoms with Crippen LogP contribution in [0.15, 0.2) is 67.3 Å². The van der Waals surface area contributed by atoms with Crippen molar-refractivity contribution in [3.05, 3.63) is 78.4 Å². The highest BCUT2D eigenvalue weighted by molar-refractivity contribution is 5.90. The number of hydrogen-bond donors (Lipinski definition) is 0. The van der Waals surface area contributed by atoms with Crippen molar-refractivity contribution in [2.45, 2.75) is 32.9 Å². The Morgan fingerprint density at radius 1 is 1.23 bits per heavy atom. The quantitative estimate of drug-likeness (QED) is 0.459. The lowest BCUT2D eigenvalue weighted by molar-refractivity contribution is 0.0947. The molecular weight excluding hydrogens is 376 g/mol. The largest absolute Gasteiger partial charge is 0.472 e. The van der Waals surface area contributed by atoms with Gasteiger partial charge in [-0.3, -0.25) is 9.80 Å². The Kier molecular flexibility index (Phi) is 7.31. The number of aryl methyl sites for hydroxylation is 2. The van der Waals surface area contributed by atoms with Gasteiger partial charge in [0, 0.05) is 13.1 Å². The highest BCUT2D eigenvalue weighted by atomic mass is 16.6. The third-order valence-electron chi connectivity index (χ3n) is 5.08. The second kappa shape index (κ2) is 10.1. The molecule has 0 aromatic heterocycles. The molecule has 0 bridgehead atoms. The summed E-state index contributed by atoms with van der Waals surface area (Å²) in [6.45, 7) is 9.13. The van der Waals surface area contributed by atoms with E-state index in [2.05, 4.69) is 11.5 Å². The van der Waals surface area contributed by atoms with Crippen LogP contribution in [0, 0.1) is 6.92 Å². The Hall–Kier alpha value is -3.05. The number of carbonyl (C=O) groups excluding carboxylic acids is 1. The maximum atomic E-state index is 12.8. The normalized spacial score (nSPS) is 14.5. The lowest BCUT2D eigenvalue weighted by Crippen LogP contribution is -2.37. The van der Waals surface area contributed by atoms with Crippen LogP contribution in [-0.2, 0) is 6.42 Å². The van der Waals surface area contributed by atoms with Gasteiger partial charge in [-0.05, 0) is 75.7 Å². The summed E-state index contributed by atoms with van der Waals surface area (Å²) in [6, 6.07) is 13.4. The molecule has 0 N–H and O–H groups in total. The molecule has 1 amide bonds. The zero-order valence-corrected chi connectivity index (χ0v) is 18.0. The molecule has 2 aromatic carbocycles. The van der Waals surface area contributed by atoms with Crippen LogP contribution in [0.1, 0.15) is 24.5 Å². The molecule has 0 spiro atoms. The van der Waals surface area contributed by atoms with E-state index in [-0.39, 0.29) is 12.3 Å². The number of ether oxygens (including phenoxy) is 2. The molecule has 0 saturated carbocycles. The van der Waals surface area contributed by atoms with E-state index in [1.807, 2.05) is 81.6 Å². The highest BCUT2D eigenvalue weighted by Gasteiger charge is 2.25. The summed E-state index contributed by atoms with van der Waals surface area (Å²) in [4.78, 5) is 16.5. The maximum absolute atomic E-state index is 12.8. The molecule has 3 rings (SSSR count). The van der Waals surface area contributed by atoms with Crippen molar-refractivity contribution in [1.29, 1.82) is 0 Å². The fourth-order valence-corrected chi connectivity index (χ4v) is 3.49. The van der Waals surface area contributed by atoms with Crippen molar-refractivity contribution in [3.8, 4) is 11.5 Å². The zero-order chi connectivity index (χ0) is 21.5. The van der Waals surface area contributed by atoms with Crippen LogP contribution in [0.5, 0.6) is 11.5 Å². The van der Waals surface area contributed by atoms with E-state index in [1.54, 1.807) is 4.90 Å². The van der Waals surface area contributed by atoms with Crippen molar-refractivity contribution in [3.63, 3.8) is 0 Å². The van der Waals surface area contributed by atoms with E-state index in [9.17, 15) is 4.79 Å². The predicted molar refractivity (Wildman–Crippen MR) is 121 cm³/mol. The Morgan fingerprint density at radius 2 is 1.97 bits per heavy atom. The molecule has 1 unspecified atom stereocenters. The average Bonchev–Trinajstić information content (AvgIpc) is 2.74. The first kappa shape index (κ1) is 21.7. The van der Waals surface area contributed by atoms with Gasteiger partial charge in [-0.15, -0.1) is 6.58 Å². The number of hydrogen-bond acceptors (Lipinski definition) is 4. The summed E-state index contributed by atoms with van der Waals surface area (Å²) >= 11 is 0. The zero-order valence-electron chi connectivity index (χ0n) is 18.0. The second-order valence-electron chi connectivity index (χ2n) is 7.49. The third kappa shape index (κ3) is 5.30. The molecule has 0 radical (unpaired) electrons. The fourth-order valence-electron chi connectivity index (χ4n) is 3.49. The van der Waals surface area contributed by atoms with E-state index in [1.165, 1.54) is 0 Å². The molecular formula is C25H30N2O3. The number of nitrogens with zero attached hydrogens (tertiary/aromatic N) is 2. The summed E-state index contributed by atoms with van der Waals surface area (Å²) in [6.07, 6.45) is 7.08. The van der Waals surface area contributed by atoms with Crippen LogP contribution in [0.3, 0.4) is 0 Å². The molecule has 0 saturated heterocycles. The van der Waals surface area contributed by atoms with Gasteiger partial charge in [0.15, 0.2) is 6.23 Å². The number of allylic oxidation sites excluding steroid dienone is 1. The van der Waals surface area contributed by atoms with Crippen molar-refractivity contribution in [2.24, 2.45) is 0 Å². The summed E-state index contributed by atoms with van der Waals surface area (Å²) < 4.78 is 11.8. The Labute approximate surface area is 179 Å². The van der Waals surface area contributed by atoms with E-state index in [0.29, 0.717) is 12.3 Å². The minimum Gasteiger partial charge on any atom is -0.472 e. The first-order valence-corrected chi connectivity index (χ1v) is 10.3. The van der Waals surface area contributed by atoms with E-state index in [4.69, 9.17) is 9.47 Å². The highest BCUT2D eigenvalue weighted by Crippen LogP contribution is 2.32. The van der Waals surface area contributed by atoms with Crippen molar-refractivity contribution < 1.29 is 14.3 Å². The molecule has 2 aromatic rings. The second-order valence-corrected chi connectivity index (χ2v) is 7.49. The van der Waals surface area contributed by atoms with E-state index >= 15 is 0 Å². The molecule has 1 heterocycles. The van der Waals surface area contributed by atoms with Gasteiger partial charge in [-0.25, -0.2) is 4.79 Å². The Morgan fingerprint density at radius 3 is 2.67 bits per heavy atom. The topological polar surface area (TPSA) is 42.0 Å². The minimum absolute atomic E-state index is 0.183. The molecule has 0 aliphatic carbocycles. The summed E-state index contributed by atoms with van der Waals surface area (Å²) in [5.74, 6) is 1.33. The van der Waals surface area contributed by atoms with Crippen LogP contribution in [0.4, 0.5) is 10.5 Å². The van der Waals surface area contributed by atoms with Gasteiger partial charge < -0.3 is 9.47 Å². The number of rotatable bonds is 7. The van der Waals surface area contributed by atoms with Crippen molar-refractivity contribution in [1.82, 2.24) is 4.90 Å². The molecule has 158 valence electrons. The van der Waals surface area contributed by atoms with Crippen LogP contribution < -0.4 is 14.4 Å². The third-order valence-corrected chi connectivity index (χ3v) is 5.08. The lowest BCUT2D eigenvalue weighted by atomic mass is 10.0. The monoisotopic (exact) mass is 406 g/mol. The van der Waals surface area contributed by atoms with Gasteiger partial charge in [0.05, 0.1) is 5.69 Å². The van der Waals surface area contributed by atoms with Gasteiger partial charge >= 0.3 is 6.09 Å². The number of likely N-dealkylation sites (N-methyl/N-ethyl adjacent to an activating group) is 1. The average molecular weight is 407 g/mol. The first-order valence-electron chi connectivity index (χ1n) is 10.3. The van der Waals surface area contributed by atoms with Crippen LogP contribution in [0.25, 0.3) is 0 Å². The molecule has 1 atom stereocenters. The lowest BCUT2D eigenvalue weighted by Gasteiger charge is -2.30. The van der Waals surface area contributed by atoms with Crippen LogP contribution in [-0.4, -0.2) is 37.4 Å². The predicted octanol–water partition coefficient (Wildman–Crippen LogP) is 5.35. The van der Waals surface area contributed by atoms with E-state index < -0.39 is 0 Å². The summed E-state index contributed by atoms with van der Waals surface area (Å²) in [5.41, 5.74) is 3.10. The Bertz CT molecular complexity index is 905. The van der Waals surface area contributed by atoms with E-state index in [0.717, 1.165) is 42.0 Å². The van der Waals surface area contributed by atoms with Gasteiger partial charge in [0.25, 0.3) is 0 Å². The minimum atomic E-state index is -0.356.